The van der Waals surface area contributed by atoms with Crippen molar-refractivity contribution in [3.05, 3.63) is 75.0 Å². The van der Waals surface area contributed by atoms with Crippen molar-refractivity contribution in [2.45, 2.75) is 26.4 Å². The van der Waals surface area contributed by atoms with E-state index in [0.29, 0.717) is 21.1 Å². The third kappa shape index (κ3) is 4.61. The van der Waals surface area contributed by atoms with Crippen LogP contribution >= 0.6 is 23.8 Å². The van der Waals surface area contributed by atoms with Crippen LogP contribution < -0.4 is 4.74 Å². The van der Waals surface area contributed by atoms with Gasteiger partial charge in [-0.1, -0.05) is 36.7 Å². The van der Waals surface area contributed by atoms with Crippen LogP contribution in [0.3, 0.4) is 0 Å². The second-order valence-electron chi connectivity index (χ2n) is 5.78. The Morgan fingerprint density at radius 3 is 2.89 bits per heavy atom. The summed E-state index contributed by atoms with van der Waals surface area (Å²) in [5, 5.41) is 11.7. The number of benzene rings is 2. The van der Waals surface area contributed by atoms with E-state index in [1.807, 2.05) is 18.2 Å². The highest BCUT2D eigenvalue weighted by Gasteiger charge is 2.09. The molecule has 0 saturated carbocycles. The number of H-pyrrole nitrogens is 1. The topological polar surface area (TPSA) is 55.2 Å². The molecule has 0 amide bonds. The molecule has 1 N–H and O–H groups in total. The van der Waals surface area contributed by atoms with Gasteiger partial charge in [0, 0.05) is 17.5 Å². The highest BCUT2D eigenvalue weighted by molar-refractivity contribution is 7.71. The summed E-state index contributed by atoms with van der Waals surface area (Å²) in [5.41, 5.74) is 1.05. The number of ether oxygens (including phenoxy) is 1. The van der Waals surface area contributed by atoms with Crippen molar-refractivity contribution in [1.29, 1.82) is 0 Å². The average Bonchev–Trinajstić information content (AvgIpc) is 3.00. The predicted molar refractivity (Wildman–Crippen MR) is 107 cm³/mol. The highest BCUT2D eigenvalue weighted by atomic mass is 35.5. The fraction of sp³-hybridized carbons (Fsp3) is 0.211. The number of nitrogens with zero attached hydrogens (tertiary/aromatic N) is 3. The molecule has 0 spiro atoms. The Morgan fingerprint density at radius 1 is 1.30 bits per heavy atom. The van der Waals surface area contributed by atoms with Crippen molar-refractivity contribution < 1.29 is 9.13 Å². The maximum absolute atomic E-state index is 13.9. The second-order valence-corrected chi connectivity index (χ2v) is 6.57. The van der Waals surface area contributed by atoms with Crippen LogP contribution in [-0.2, 0) is 13.0 Å². The van der Waals surface area contributed by atoms with Crippen LogP contribution in [-0.4, -0.2) is 21.1 Å². The fourth-order valence-electron chi connectivity index (χ4n) is 2.49. The van der Waals surface area contributed by atoms with Crippen LogP contribution in [0, 0.1) is 10.6 Å². The summed E-state index contributed by atoms with van der Waals surface area (Å²) >= 11 is 11.3. The molecule has 8 heteroatoms. The van der Waals surface area contributed by atoms with Gasteiger partial charge in [-0.05, 0) is 42.9 Å². The van der Waals surface area contributed by atoms with E-state index in [1.54, 1.807) is 29.1 Å². The number of rotatable bonds is 7. The van der Waals surface area contributed by atoms with E-state index in [4.69, 9.17) is 28.6 Å². The minimum Gasteiger partial charge on any atom is -0.488 e. The molecule has 140 valence electrons. The van der Waals surface area contributed by atoms with E-state index < -0.39 is 5.82 Å². The first-order valence-electron chi connectivity index (χ1n) is 8.45. The number of aryl methyl sites for hydroxylation is 1. The van der Waals surface area contributed by atoms with Gasteiger partial charge in [0.1, 0.15) is 18.2 Å². The molecule has 2 aromatic carbocycles. The lowest BCUT2D eigenvalue weighted by molar-refractivity contribution is 0.299. The molecule has 0 unspecified atom stereocenters. The Balaban J connectivity index is 1.83. The first-order chi connectivity index (χ1) is 13.1. The molecule has 5 nitrogen and oxygen atoms in total. The summed E-state index contributed by atoms with van der Waals surface area (Å²) in [6, 6.07) is 11.9. The molecule has 0 aliphatic carbocycles. The normalized spacial score (nSPS) is 11.2. The Kier molecular flexibility index (Phi) is 6.36. The van der Waals surface area contributed by atoms with Crippen molar-refractivity contribution >= 4 is 30.0 Å². The van der Waals surface area contributed by atoms with E-state index in [2.05, 4.69) is 22.2 Å². The summed E-state index contributed by atoms with van der Waals surface area (Å²) in [5.74, 6) is 0.922. The zero-order valence-corrected chi connectivity index (χ0v) is 16.2. The number of hydrogen-bond donors (Lipinski definition) is 1. The first kappa shape index (κ1) is 19.3. The Hall–Kier alpha value is -2.51. The predicted octanol–water partition coefficient (Wildman–Crippen LogP) is 5.15. The number of halogens is 2. The molecule has 1 aromatic heterocycles. The molecule has 0 aliphatic rings. The van der Waals surface area contributed by atoms with E-state index in [-0.39, 0.29) is 6.61 Å². The van der Waals surface area contributed by atoms with Crippen LogP contribution in [0.2, 0.25) is 5.02 Å². The largest absolute Gasteiger partial charge is 0.488 e. The molecule has 3 rings (SSSR count). The van der Waals surface area contributed by atoms with Crippen LogP contribution in [0.5, 0.6) is 5.75 Å². The monoisotopic (exact) mass is 404 g/mol. The molecular formula is C19H18ClFN4OS. The molecule has 1 heterocycles. The lowest BCUT2D eigenvalue weighted by Crippen LogP contribution is -2.02. The minimum absolute atomic E-state index is 0.0165. The SMILES string of the molecule is CCCc1n[nH]c(=S)n1/N=C/c1ccccc1OCc1c(F)cccc1Cl. The Morgan fingerprint density at radius 2 is 2.11 bits per heavy atom. The van der Waals surface area contributed by atoms with Crippen LogP contribution in [0.1, 0.15) is 30.3 Å². The zero-order valence-electron chi connectivity index (χ0n) is 14.7. The molecule has 0 bridgehead atoms. The van der Waals surface area contributed by atoms with Gasteiger partial charge < -0.3 is 4.74 Å². The van der Waals surface area contributed by atoms with Crippen LogP contribution in [0.25, 0.3) is 0 Å². The second kappa shape index (κ2) is 8.92. The summed E-state index contributed by atoms with van der Waals surface area (Å²) < 4.78 is 21.7. The highest BCUT2D eigenvalue weighted by Crippen LogP contribution is 2.23. The average molecular weight is 405 g/mol. The van der Waals surface area contributed by atoms with E-state index >= 15 is 0 Å². The molecule has 0 aliphatic heterocycles. The number of aromatic amines is 1. The van der Waals surface area contributed by atoms with Gasteiger partial charge in [-0.25, -0.2) is 4.39 Å². The van der Waals surface area contributed by atoms with Crippen LogP contribution in [0.4, 0.5) is 4.39 Å². The van der Waals surface area contributed by atoms with E-state index in [9.17, 15) is 4.39 Å². The van der Waals surface area contributed by atoms with Crippen molar-refractivity contribution in [2.75, 3.05) is 0 Å². The van der Waals surface area contributed by atoms with Crippen molar-refractivity contribution in [2.24, 2.45) is 5.10 Å². The summed E-state index contributed by atoms with van der Waals surface area (Å²) in [7, 11) is 0. The van der Waals surface area contributed by atoms with Gasteiger partial charge in [-0.3, -0.25) is 5.10 Å². The molecule has 0 fully saturated rings. The summed E-state index contributed by atoms with van der Waals surface area (Å²) in [6.45, 7) is 2.07. The number of nitrogens with one attached hydrogen (secondary N) is 1. The molecule has 0 saturated heterocycles. The lowest BCUT2D eigenvalue weighted by Gasteiger charge is -2.11. The van der Waals surface area contributed by atoms with Crippen molar-refractivity contribution in [3.63, 3.8) is 0 Å². The first-order valence-corrected chi connectivity index (χ1v) is 9.24. The standard InChI is InChI=1S/C19H18ClFN4OS/c1-2-6-18-23-24-19(27)25(18)22-11-13-7-3-4-10-17(13)26-12-14-15(20)8-5-9-16(14)21/h3-5,7-11H,2,6,12H2,1H3,(H,24,27)/b22-11+. The smallest absolute Gasteiger partial charge is 0.216 e. The maximum Gasteiger partial charge on any atom is 0.216 e. The number of para-hydroxylation sites is 1. The molecule has 27 heavy (non-hydrogen) atoms. The van der Waals surface area contributed by atoms with Crippen molar-refractivity contribution in [1.82, 2.24) is 14.9 Å². The maximum atomic E-state index is 13.9. The van der Waals surface area contributed by atoms with Gasteiger partial charge in [0.15, 0.2) is 5.82 Å². The third-order valence-electron chi connectivity index (χ3n) is 3.86. The summed E-state index contributed by atoms with van der Waals surface area (Å²) in [6.07, 6.45) is 3.33. The molecule has 3 aromatic rings. The van der Waals surface area contributed by atoms with Gasteiger partial charge in [0.25, 0.3) is 0 Å². The van der Waals surface area contributed by atoms with Crippen LogP contribution in [0.15, 0.2) is 47.6 Å². The quantitative estimate of drug-likeness (QED) is 0.437. The Labute approximate surface area is 166 Å². The van der Waals surface area contributed by atoms with Gasteiger partial charge >= 0.3 is 0 Å². The number of aromatic nitrogens is 3. The van der Waals surface area contributed by atoms with Gasteiger partial charge in [0.05, 0.1) is 11.2 Å². The fourth-order valence-corrected chi connectivity index (χ4v) is 2.90. The van der Waals surface area contributed by atoms with Gasteiger partial charge in [0.2, 0.25) is 4.77 Å². The zero-order chi connectivity index (χ0) is 19.2. The van der Waals surface area contributed by atoms with Gasteiger partial charge in [-0.15, -0.1) is 0 Å². The molecule has 0 radical (unpaired) electrons. The van der Waals surface area contributed by atoms with E-state index in [1.165, 1.54) is 6.07 Å². The Bertz CT molecular complexity index is 995. The molecular weight excluding hydrogens is 387 g/mol. The molecule has 0 atom stereocenters. The van der Waals surface area contributed by atoms with Crippen molar-refractivity contribution in [3.8, 4) is 5.75 Å². The minimum atomic E-state index is -0.400. The lowest BCUT2D eigenvalue weighted by atomic mass is 10.2. The van der Waals surface area contributed by atoms with E-state index in [0.717, 1.165) is 24.2 Å². The third-order valence-corrected chi connectivity index (χ3v) is 4.47. The number of hydrogen-bond acceptors (Lipinski definition) is 4. The summed E-state index contributed by atoms with van der Waals surface area (Å²) in [4.78, 5) is 0. The van der Waals surface area contributed by atoms with Gasteiger partial charge in [-0.2, -0.15) is 14.9 Å².